The number of carbonyl (C=O) groups excluding carboxylic acids is 2. The summed E-state index contributed by atoms with van der Waals surface area (Å²) in [5.74, 6) is 0.434. The number of nitrogens with one attached hydrogen (secondary N) is 1. The van der Waals surface area contributed by atoms with E-state index in [2.05, 4.69) is 10.3 Å². The van der Waals surface area contributed by atoms with Crippen molar-refractivity contribution in [1.82, 2.24) is 10.3 Å². The summed E-state index contributed by atoms with van der Waals surface area (Å²) in [5.41, 5.74) is 2.39. The third-order valence-electron chi connectivity index (χ3n) is 6.58. The molecule has 1 aliphatic rings. The van der Waals surface area contributed by atoms with Crippen LogP contribution in [0.5, 0.6) is 11.5 Å². The van der Waals surface area contributed by atoms with E-state index in [4.69, 9.17) is 9.47 Å². The normalized spacial score (nSPS) is 14.5. The van der Waals surface area contributed by atoms with Crippen LogP contribution in [0.4, 0.5) is 5.69 Å². The summed E-state index contributed by atoms with van der Waals surface area (Å²) in [6.45, 7) is 1.96. The molecule has 0 spiro atoms. The van der Waals surface area contributed by atoms with Crippen molar-refractivity contribution in [3.05, 3.63) is 83.7 Å². The fraction of sp³-hybridized carbons (Fsp3) is 0.345. The molecule has 7 nitrogen and oxygen atoms in total. The Morgan fingerprint density at radius 3 is 2.44 bits per heavy atom. The number of nitrogens with zero attached hydrogens (tertiary/aromatic N) is 2. The molecule has 188 valence electrons. The molecule has 0 radical (unpaired) electrons. The second-order valence-electron chi connectivity index (χ2n) is 9.08. The zero-order chi connectivity index (χ0) is 25.5. The Balaban J connectivity index is 1.87. The fourth-order valence-electron chi connectivity index (χ4n) is 4.74. The molecule has 2 aromatic carbocycles. The molecule has 0 saturated heterocycles. The van der Waals surface area contributed by atoms with Gasteiger partial charge in [-0.25, -0.2) is 0 Å². The van der Waals surface area contributed by atoms with E-state index >= 15 is 0 Å². The largest absolute Gasteiger partial charge is 0.497 e. The molecular formula is C29H33N3O4. The SMILES string of the molecule is COc1ccc([C@@H](C(=O)NC2CCCCC2)N(C(=O)c2ccccn2)c2cccc(C)c2)c(OC)c1. The number of ether oxygens (including phenoxy) is 2. The van der Waals surface area contributed by atoms with Crippen LogP contribution in [0.3, 0.4) is 0 Å². The van der Waals surface area contributed by atoms with Gasteiger partial charge in [0.1, 0.15) is 23.2 Å². The molecule has 0 unspecified atom stereocenters. The molecule has 0 aliphatic heterocycles. The summed E-state index contributed by atoms with van der Waals surface area (Å²) in [5, 5.41) is 3.23. The van der Waals surface area contributed by atoms with Crippen molar-refractivity contribution in [2.75, 3.05) is 19.1 Å². The molecule has 1 aliphatic carbocycles. The minimum atomic E-state index is -0.982. The van der Waals surface area contributed by atoms with Gasteiger partial charge in [0.25, 0.3) is 5.91 Å². The van der Waals surface area contributed by atoms with Crippen LogP contribution in [-0.4, -0.2) is 37.1 Å². The number of amides is 2. The number of pyridine rings is 1. The molecule has 1 aromatic heterocycles. The number of anilines is 1. The lowest BCUT2D eigenvalue weighted by atomic mass is 9.94. The molecule has 3 aromatic rings. The van der Waals surface area contributed by atoms with Gasteiger partial charge in [-0.1, -0.05) is 37.5 Å². The number of benzene rings is 2. The van der Waals surface area contributed by atoms with Gasteiger partial charge in [0, 0.05) is 29.6 Å². The van der Waals surface area contributed by atoms with E-state index in [1.165, 1.54) is 11.3 Å². The van der Waals surface area contributed by atoms with Gasteiger partial charge >= 0.3 is 0 Å². The predicted octanol–water partition coefficient (Wildman–Crippen LogP) is 5.24. The zero-order valence-corrected chi connectivity index (χ0v) is 21.1. The van der Waals surface area contributed by atoms with Crippen LogP contribution >= 0.6 is 0 Å². The van der Waals surface area contributed by atoms with Crippen LogP contribution in [0.1, 0.15) is 59.8 Å². The molecule has 1 saturated carbocycles. The summed E-state index contributed by atoms with van der Waals surface area (Å²) in [6.07, 6.45) is 6.77. The van der Waals surface area contributed by atoms with E-state index < -0.39 is 6.04 Å². The van der Waals surface area contributed by atoms with Gasteiger partial charge in [-0.2, -0.15) is 0 Å². The molecule has 4 rings (SSSR count). The first-order valence-corrected chi connectivity index (χ1v) is 12.4. The Kier molecular flexibility index (Phi) is 8.21. The Labute approximate surface area is 212 Å². The van der Waals surface area contributed by atoms with Crippen molar-refractivity contribution >= 4 is 17.5 Å². The smallest absolute Gasteiger partial charge is 0.277 e. The molecule has 0 bridgehead atoms. The van der Waals surface area contributed by atoms with Crippen LogP contribution in [-0.2, 0) is 4.79 Å². The number of methoxy groups -OCH3 is 2. The monoisotopic (exact) mass is 487 g/mol. The number of hydrogen-bond acceptors (Lipinski definition) is 5. The summed E-state index contributed by atoms with van der Waals surface area (Å²) < 4.78 is 11.1. The van der Waals surface area contributed by atoms with Gasteiger partial charge in [0.2, 0.25) is 5.91 Å². The minimum Gasteiger partial charge on any atom is -0.497 e. The van der Waals surface area contributed by atoms with Gasteiger partial charge in [-0.3, -0.25) is 19.5 Å². The van der Waals surface area contributed by atoms with Crippen molar-refractivity contribution in [1.29, 1.82) is 0 Å². The van der Waals surface area contributed by atoms with E-state index in [0.29, 0.717) is 22.7 Å². The Bertz CT molecular complexity index is 1190. The first kappa shape index (κ1) is 25.2. The Morgan fingerprint density at radius 2 is 1.78 bits per heavy atom. The minimum absolute atomic E-state index is 0.0716. The maximum absolute atomic E-state index is 14.1. The standard InChI is InChI=1S/C29H33N3O4/c1-20-10-9-13-22(18-20)32(29(34)25-14-7-8-17-30-25)27(28(33)31-21-11-5-4-6-12-21)24-16-15-23(35-2)19-26(24)36-3/h7-10,13-19,21,27H,4-6,11-12H2,1-3H3,(H,31,33)/t27-/m0/s1. The van der Waals surface area contributed by atoms with Gasteiger partial charge in [-0.15, -0.1) is 0 Å². The molecule has 2 amide bonds. The van der Waals surface area contributed by atoms with Crippen LogP contribution in [0, 0.1) is 6.92 Å². The van der Waals surface area contributed by atoms with Crippen molar-refractivity contribution in [3.8, 4) is 11.5 Å². The summed E-state index contributed by atoms with van der Waals surface area (Å²) in [4.78, 5) is 33.9. The molecule has 1 N–H and O–H groups in total. The topological polar surface area (TPSA) is 80.8 Å². The third kappa shape index (κ3) is 5.67. The van der Waals surface area contributed by atoms with Gasteiger partial charge < -0.3 is 14.8 Å². The highest BCUT2D eigenvalue weighted by atomic mass is 16.5. The van der Waals surface area contributed by atoms with Gasteiger partial charge in [-0.05, 0) is 61.7 Å². The van der Waals surface area contributed by atoms with Crippen LogP contribution in [0.25, 0.3) is 0 Å². The molecule has 1 fully saturated rings. The summed E-state index contributed by atoms with van der Waals surface area (Å²) in [7, 11) is 3.12. The fourth-order valence-corrected chi connectivity index (χ4v) is 4.74. The molecular weight excluding hydrogens is 454 g/mol. The van der Waals surface area contributed by atoms with Crippen molar-refractivity contribution in [2.45, 2.75) is 51.1 Å². The summed E-state index contributed by atoms with van der Waals surface area (Å²) in [6, 6.07) is 17.1. The Morgan fingerprint density at radius 1 is 0.972 bits per heavy atom. The van der Waals surface area contributed by atoms with E-state index in [-0.39, 0.29) is 23.6 Å². The Hall–Kier alpha value is -3.87. The maximum atomic E-state index is 14.1. The van der Waals surface area contributed by atoms with Gasteiger partial charge in [0.05, 0.1) is 14.2 Å². The first-order valence-electron chi connectivity index (χ1n) is 12.4. The quantitative estimate of drug-likeness (QED) is 0.470. The van der Waals surface area contributed by atoms with Crippen LogP contribution < -0.4 is 19.7 Å². The lowest BCUT2D eigenvalue weighted by molar-refractivity contribution is -0.123. The molecule has 36 heavy (non-hydrogen) atoms. The second kappa shape index (κ2) is 11.7. The van der Waals surface area contributed by atoms with Crippen LogP contribution in [0.15, 0.2) is 66.9 Å². The molecule has 1 heterocycles. The van der Waals surface area contributed by atoms with Crippen molar-refractivity contribution in [2.24, 2.45) is 0 Å². The van der Waals surface area contributed by atoms with Crippen LogP contribution in [0.2, 0.25) is 0 Å². The molecule has 7 heteroatoms. The van der Waals surface area contributed by atoms with E-state index in [1.54, 1.807) is 56.8 Å². The van der Waals surface area contributed by atoms with E-state index in [9.17, 15) is 9.59 Å². The number of rotatable bonds is 8. The van der Waals surface area contributed by atoms with Crippen molar-refractivity contribution < 1.29 is 19.1 Å². The highest BCUT2D eigenvalue weighted by Crippen LogP contribution is 2.37. The van der Waals surface area contributed by atoms with E-state index in [1.807, 2.05) is 31.2 Å². The van der Waals surface area contributed by atoms with Crippen molar-refractivity contribution in [3.63, 3.8) is 0 Å². The average molecular weight is 488 g/mol. The predicted molar refractivity (Wildman–Crippen MR) is 140 cm³/mol. The number of hydrogen-bond donors (Lipinski definition) is 1. The number of carbonyl (C=O) groups is 2. The lowest BCUT2D eigenvalue weighted by Gasteiger charge is -2.34. The lowest BCUT2D eigenvalue weighted by Crippen LogP contribution is -2.47. The zero-order valence-electron chi connectivity index (χ0n) is 21.1. The van der Waals surface area contributed by atoms with Gasteiger partial charge in [0.15, 0.2) is 0 Å². The number of aryl methyl sites for hydroxylation is 1. The highest BCUT2D eigenvalue weighted by molar-refractivity contribution is 6.09. The maximum Gasteiger partial charge on any atom is 0.277 e. The average Bonchev–Trinajstić information content (AvgIpc) is 2.92. The number of aromatic nitrogens is 1. The first-order chi connectivity index (χ1) is 17.5. The third-order valence-corrected chi connectivity index (χ3v) is 6.58. The second-order valence-corrected chi connectivity index (χ2v) is 9.08. The molecule has 1 atom stereocenters. The summed E-state index contributed by atoms with van der Waals surface area (Å²) >= 11 is 0. The highest BCUT2D eigenvalue weighted by Gasteiger charge is 2.37. The van der Waals surface area contributed by atoms with E-state index in [0.717, 1.165) is 31.2 Å².